The Morgan fingerprint density at radius 1 is 1.09 bits per heavy atom. The molecule has 0 radical (unpaired) electrons. The number of aromatic nitrogens is 6. The number of nitrogen functional groups attached to an aromatic ring is 1. The molecule has 0 spiro atoms. The molecule has 3 aromatic heterocycles. The fourth-order valence-corrected chi connectivity index (χ4v) is 6.38. The number of fused-ring (bicyclic) bond motifs is 1. The number of nitrogens with zero attached hydrogens (tertiary/aromatic N) is 6. The minimum atomic E-state index is -0.549. The number of benzene rings is 2. The van der Waals surface area contributed by atoms with Gasteiger partial charge in [0, 0.05) is 37.0 Å². The molecule has 12 heteroatoms. The molecule has 0 bridgehead atoms. The first-order valence-corrected chi connectivity index (χ1v) is 15.7. The maximum Gasteiger partial charge on any atom is 0.306 e. The standard InChI is InChI=1S/C34H35FN8O3/c1-42-18-24(17-37-42)38-34-40-31(39-33(36)41-34)25-8-5-9-28(26(25)19-46-29(44)14-20-6-3-2-4-7-20)43-13-12-22-15-23(21-10-11-21)16-27(35)30(22)32(43)45/h5,8-9,12-13,15-18,20-21H,2-4,6-7,10-11,14,19H2,1H3,(H3,36,38,39,40,41). The highest BCUT2D eigenvalue weighted by molar-refractivity contribution is 5.84. The van der Waals surface area contributed by atoms with Gasteiger partial charge in [-0.25, -0.2) is 4.39 Å². The highest BCUT2D eigenvalue weighted by Crippen LogP contribution is 2.41. The molecule has 2 aliphatic carbocycles. The summed E-state index contributed by atoms with van der Waals surface area (Å²) in [7, 11) is 1.79. The van der Waals surface area contributed by atoms with Gasteiger partial charge >= 0.3 is 5.97 Å². The van der Waals surface area contributed by atoms with Gasteiger partial charge < -0.3 is 15.8 Å². The third-order valence-corrected chi connectivity index (χ3v) is 8.85. The summed E-state index contributed by atoms with van der Waals surface area (Å²) >= 11 is 0. The number of halogens is 1. The van der Waals surface area contributed by atoms with Gasteiger partial charge in [-0.05, 0) is 66.7 Å². The number of nitrogens with two attached hydrogens (primary N) is 1. The van der Waals surface area contributed by atoms with E-state index in [9.17, 15) is 9.59 Å². The van der Waals surface area contributed by atoms with Crippen molar-refractivity contribution < 1.29 is 13.9 Å². The van der Waals surface area contributed by atoms with Crippen LogP contribution in [-0.2, 0) is 23.2 Å². The largest absolute Gasteiger partial charge is 0.461 e. The average molecular weight is 623 g/mol. The van der Waals surface area contributed by atoms with Crippen LogP contribution < -0.4 is 16.6 Å². The lowest BCUT2D eigenvalue weighted by atomic mass is 9.87. The van der Waals surface area contributed by atoms with Crippen molar-refractivity contribution in [1.29, 1.82) is 0 Å². The van der Waals surface area contributed by atoms with E-state index in [1.54, 1.807) is 54.6 Å². The summed E-state index contributed by atoms with van der Waals surface area (Å²) in [5.74, 6) is 0.160. The third-order valence-electron chi connectivity index (χ3n) is 8.85. The molecule has 7 rings (SSSR count). The Bertz CT molecular complexity index is 1990. The summed E-state index contributed by atoms with van der Waals surface area (Å²) in [6.45, 7) is -0.151. The van der Waals surface area contributed by atoms with Crippen LogP contribution in [0.5, 0.6) is 0 Å². The molecule has 46 heavy (non-hydrogen) atoms. The van der Waals surface area contributed by atoms with Crippen molar-refractivity contribution in [1.82, 2.24) is 29.3 Å². The van der Waals surface area contributed by atoms with Crippen LogP contribution in [0.1, 0.15) is 68.4 Å². The zero-order chi connectivity index (χ0) is 31.8. The molecular weight excluding hydrogens is 587 g/mol. The number of pyridine rings is 1. The second-order valence-electron chi connectivity index (χ2n) is 12.3. The molecule has 2 aliphatic rings. The normalized spacial score (nSPS) is 15.3. The molecule has 11 nitrogen and oxygen atoms in total. The van der Waals surface area contributed by atoms with Gasteiger partial charge in [0.25, 0.3) is 5.56 Å². The molecule has 0 unspecified atom stereocenters. The minimum Gasteiger partial charge on any atom is -0.461 e. The zero-order valence-electron chi connectivity index (χ0n) is 25.6. The number of carbonyl (C=O) groups excluding carboxylic acids is 1. The second kappa shape index (κ2) is 12.3. The van der Waals surface area contributed by atoms with Crippen LogP contribution in [0.4, 0.5) is 22.0 Å². The third kappa shape index (κ3) is 6.19. The van der Waals surface area contributed by atoms with Crippen molar-refractivity contribution in [3.8, 4) is 17.1 Å². The van der Waals surface area contributed by atoms with E-state index in [4.69, 9.17) is 10.5 Å². The van der Waals surface area contributed by atoms with Crippen LogP contribution in [0.25, 0.3) is 27.8 Å². The Balaban J connectivity index is 1.30. The predicted octanol–water partition coefficient (Wildman–Crippen LogP) is 5.93. The second-order valence-corrected chi connectivity index (χ2v) is 12.3. The van der Waals surface area contributed by atoms with Gasteiger partial charge in [0.1, 0.15) is 12.4 Å². The SMILES string of the molecule is Cn1cc(Nc2nc(N)nc(-c3cccc(-n4ccc5cc(C6CC6)cc(F)c5c4=O)c3COC(=O)CC3CCCCC3)n2)cn1. The van der Waals surface area contributed by atoms with Gasteiger partial charge in [-0.1, -0.05) is 37.5 Å². The molecule has 3 N–H and O–H groups in total. The Morgan fingerprint density at radius 2 is 1.91 bits per heavy atom. The fourth-order valence-electron chi connectivity index (χ4n) is 6.38. The van der Waals surface area contributed by atoms with Gasteiger partial charge in [-0.15, -0.1) is 0 Å². The summed E-state index contributed by atoms with van der Waals surface area (Å²) in [6.07, 6.45) is 12.8. The van der Waals surface area contributed by atoms with E-state index in [0.717, 1.165) is 44.1 Å². The van der Waals surface area contributed by atoms with Gasteiger partial charge in [0.15, 0.2) is 5.82 Å². The number of hydrogen-bond donors (Lipinski definition) is 2. The van der Waals surface area contributed by atoms with Gasteiger partial charge in [-0.2, -0.15) is 20.1 Å². The summed E-state index contributed by atoms with van der Waals surface area (Å²) < 4.78 is 24.3. The van der Waals surface area contributed by atoms with Crippen molar-refractivity contribution in [3.05, 3.63) is 82.3 Å². The maximum atomic E-state index is 15.4. The first-order chi connectivity index (χ1) is 22.3. The van der Waals surface area contributed by atoms with E-state index < -0.39 is 11.4 Å². The van der Waals surface area contributed by atoms with Crippen molar-refractivity contribution >= 4 is 34.3 Å². The first-order valence-electron chi connectivity index (χ1n) is 15.7. The molecule has 0 atom stereocenters. The van der Waals surface area contributed by atoms with E-state index in [1.807, 2.05) is 6.07 Å². The molecule has 0 saturated heterocycles. The number of anilines is 3. The number of carbonyl (C=O) groups is 1. The molecular formula is C34H35FN8O3. The molecule has 3 heterocycles. The lowest BCUT2D eigenvalue weighted by molar-refractivity contribution is -0.146. The number of ether oxygens (including phenoxy) is 1. The highest BCUT2D eigenvalue weighted by Gasteiger charge is 2.26. The molecule has 0 amide bonds. The van der Waals surface area contributed by atoms with Crippen LogP contribution in [0, 0.1) is 11.7 Å². The molecule has 0 aliphatic heterocycles. The monoisotopic (exact) mass is 622 g/mol. The zero-order valence-corrected chi connectivity index (χ0v) is 25.6. The average Bonchev–Trinajstić information content (AvgIpc) is 3.81. The van der Waals surface area contributed by atoms with Crippen molar-refractivity contribution in [2.75, 3.05) is 11.1 Å². The van der Waals surface area contributed by atoms with Gasteiger partial charge in [-0.3, -0.25) is 18.8 Å². The van der Waals surface area contributed by atoms with Crippen LogP contribution in [0.15, 0.2) is 59.8 Å². The van der Waals surface area contributed by atoms with Crippen molar-refractivity contribution in [2.24, 2.45) is 13.0 Å². The lowest BCUT2D eigenvalue weighted by Crippen LogP contribution is -2.21. The number of esters is 1. The highest BCUT2D eigenvalue weighted by atomic mass is 19.1. The van der Waals surface area contributed by atoms with E-state index >= 15 is 4.39 Å². The first kappa shape index (κ1) is 29.6. The van der Waals surface area contributed by atoms with Crippen LogP contribution >= 0.6 is 0 Å². The van der Waals surface area contributed by atoms with E-state index in [0.29, 0.717) is 46.1 Å². The number of rotatable bonds is 9. The number of hydrogen-bond acceptors (Lipinski definition) is 9. The number of aryl methyl sites for hydroxylation is 1. The molecule has 2 saturated carbocycles. The van der Waals surface area contributed by atoms with Gasteiger partial charge in [0.05, 0.1) is 23.0 Å². The fraction of sp³-hybridized carbons (Fsp3) is 0.353. The van der Waals surface area contributed by atoms with Crippen molar-refractivity contribution in [2.45, 2.75) is 63.9 Å². The maximum absolute atomic E-state index is 15.4. The van der Waals surface area contributed by atoms with Crippen LogP contribution in [0.3, 0.4) is 0 Å². The molecule has 2 fully saturated rings. The van der Waals surface area contributed by atoms with Crippen LogP contribution in [0.2, 0.25) is 0 Å². The smallest absolute Gasteiger partial charge is 0.306 e. The van der Waals surface area contributed by atoms with Crippen LogP contribution in [-0.4, -0.2) is 35.3 Å². The molecule has 5 aromatic rings. The van der Waals surface area contributed by atoms with Crippen molar-refractivity contribution in [3.63, 3.8) is 0 Å². The molecule has 236 valence electrons. The summed E-state index contributed by atoms with van der Waals surface area (Å²) in [4.78, 5) is 40.2. The molecule has 2 aromatic carbocycles. The minimum absolute atomic E-state index is 0.00455. The quantitative estimate of drug-likeness (QED) is 0.191. The Hall–Kier alpha value is -5.13. The summed E-state index contributed by atoms with van der Waals surface area (Å²) in [6, 6.07) is 10.4. The topological polar surface area (TPSA) is 143 Å². The number of nitrogens with one attached hydrogen (secondary N) is 1. The van der Waals surface area contributed by atoms with E-state index in [1.165, 1.54) is 17.1 Å². The van der Waals surface area contributed by atoms with E-state index in [-0.39, 0.29) is 35.7 Å². The van der Waals surface area contributed by atoms with E-state index in [2.05, 4.69) is 25.4 Å². The lowest BCUT2D eigenvalue weighted by Gasteiger charge is -2.21. The Kier molecular flexibility index (Phi) is 7.93. The summed E-state index contributed by atoms with van der Waals surface area (Å²) in [5.41, 5.74) is 8.56. The Labute approximate surface area is 264 Å². The Morgan fingerprint density at radius 3 is 2.67 bits per heavy atom. The summed E-state index contributed by atoms with van der Waals surface area (Å²) in [5, 5.41) is 7.79. The van der Waals surface area contributed by atoms with Gasteiger partial charge in [0.2, 0.25) is 11.9 Å². The predicted molar refractivity (Wildman–Crippen MR) is 172 cm³/mol.